The van der Waals surface area contributed by atoms with Crippen molar-refractivity contribution in [2.45, 2.75) is 13.5 Å². The second-order valence-electron chi connectivity index (χ2n) is 8.08. The molecule has 4 rings (SSSR count). The van der Waals surface area contributed by atoms with Crippen molar-refractivity contribution in [3.63, 3.8) is 0 Å². The van der Waals surface area contributed by atoms with Crippen molar-refractivity contribution < 1.29 is 23.9 Å². The number of para-hydroxylation sites is 1. The fraction of sp³-hybridized carbons (Fsp3) is 0.148. The zero-order chi connectivity index (χ0) is 28.1. The van der Waals surface area contributed by atoms with Crippen molar-refractivity contribution in [3.05, 3.63) is 88.7 Å². The Balaban J connectivity index is 1.50. The first kappa shape index (κ1) is 29.7. The van der Waals surface area contributed by atoms with E-state index >= 15 is 0 Å². The van der Waals surface area contributed by atoms with E-state index in [1.54, 1.807) is 48.5 Å². The number of amides is 3. The monoisotopic (exact) mass is 760 g/mol. The maximum atomic E-state index is 13.0. The van der Waals surface area contributed by atoms with E-state index in [1.165, 1.54) is 0 Å². The molecule has 3 amide bonds. The van der Waals surface area contributed by atoms with Crippen LogP contribution in [0.2, 0.25) is 10.0 Å². The number of carbonyl (C=O) groups excluding carboxylic acids is 3. The van der Waals surface area contributed by atoms with Gasteiger partial charge in [-0.05, 0) is 105 Å². The summed E-state index contributed by atoms with van der Waals surface area (Å²) in [4.78, 5) is 39.2. The van der Waals surface area contributed by atoms with Crippen molar-refractivity contribution in [1.29, 1.82) is 0 Å². The molecule has 0 saturated carbocycles. The molecule has 0 atom stereocenters. The number of nitrogens with zero attached hydrogens (tertiary/aromatic N) is 1. The Bertz CT molecular complexity index is 1490. The van der Waals surface area contributed by atoms with Gasteiger partial charge >= 0.3 is 0 Å². The normalized spacial score (nSPS) is 14.2. The molecule has 1 aliphatic rings. The number of imide groups is 1. The van der Waals surface area contributed by atoms with Crippen molar-refractivity contribution >= 4 is 102 Å². The summed E-state index contributed by atoms with van der Waals surface area (Å²) in [6, 6.07) is 15.8. The lowest BCUT2D eigenvalue weighted by Crippen LogP contribution is -2.36. The number of nitrogens with one attached hydrogen (secondary N) is 1. The first-order valence-electron chi connectivity index (χ1n) is 11.5. The van der Waals surface area contributed by atoms with E-state index in [-0.39, 0.29) is 11.5 Å². The topological polar surface area (TPSA) is 84.9 Å². The molecule has 39 heavy (non-hydrogen) atoms. The van der Waals surface area contributed by atoms with Crippen LogP contribution in [0.5, 0.6) is 11.5 Å². The summed E-state index contributed by atoms with van der Waals surface area (Å²) in [5, 5.41) is 3.21. The van der Waals surface area contributed by atoms with Gasteiger partial charge in [0, 0.05) is 20.1 Å². The van der Waals surface area contributed by atoms with Crippen molar-refractivity contribution in [2.24, 2.45) is 0 Å². The number of thioether (sulfide) groups is 1. The molecule has 7 nitrogen and oxygen atoms in total. The van der Waals surface area contributed by atoms with Crippen LogP contribution in [-0.4, -0.2) is 35.1 Å². The SMILES string of the molecule is CCOc1cc(/C=C2/SC(=O)N(CC(=O)Nc3ccccc3Br)C2=O)cc(I)c1OCc1ccc(Cl)cc1Cl. The predicted octanol–water partition coefficient (Wildman–Crippen LogP) is 8.01. The molecular weight excluding hydrogens is 742 g/mol. The minimum absolute atomic E-state index is 0.200. The zero-order valence-corrected chi connectivity index (χ0v) is 26.4. The Kier molecular flexibility index (Phi) is 10.2. The molecule has 3 aromatic carbocycles. The predicted molar refractivity (Wildman–Crippen MR) is 167 cm³/mol. The van der Waals surface area contributed by atoms with Gasteiger partial charge < -0.3 is 14.8 Å². The first-order chi connectivity index (χ1) is 18.7. The van der Waals surface area contributed by atoms with Crippen LogP contribution in [-0.2, 0) is 16.2 Å². The third kappa shape index (κ3) is 7.49. The van der Waals surface area contributed by atoms with Crippen LogP contribution < -0.4 is 14.8 Å². The van der Waals surface area contributed by atoms with Gasteiger partial charge in [0.05, 0.1) is 20.8 Å². The van der Waals surface area contributed by atoms with Crippen LogP contribution >= 0.6 is 73.5 Å². The molecule has 1 heterocycles. The fourth-order valence-electron chi connectivity index (χ4n) is 3.55. The van der Waals surface area contributed by atoms with Gasteiger partial charge in [-0.25, -0.2) is 0 Å². The number of benzene rings is 3. The smallest absolute Gasteiger partial charge is 0.294 e. The van der Waals surface area contributed by atoms with Crippen LogP contribution in [0.25, 0.3) is 6.08 Å². The number of halogens is 4. The largest absolute Gasteiger partial charge is 0.490 e. The van der Waals surface area contributed by atoms with Crippen LogP contribution in [0, 0.1) is 3.57 Å². The quantitative estimate of drug-likeness (QED) is 0.176. The molecule has 1 N–H and O–H groups in total. The Morgan fingerprint density at radius 2 is 1.90 bits per heavy atom. The van der Waals surface area contributed by atoms with Crippen LogP contribution in [0.1, 0.15) is 18.1 Å². The van der Waals surface area contributed by atoms with Gasteiger partial charge in [-0.3, -0.25) is 19.3 Å². The van der Waals surface area contributed by atoms with E-state index in [2.05, 4.69) is 43.8 Å². The highest BCUT2D eigenvalue weighted by Gasteiger charge is 2.36. The minimum Gasteiger partial charge on any atom is -0.490 e. The molecule has 0 aliphatic carbocycles. The minimum atomic E-state index is -0.544. The van der Waals surface area contributed by atoms with Gasteiger partial charge in [-0.15, -0.1) is 0 Å². The number of hydrogen-bond donors (Lipinski definition) is 1. The standard InChI is InChI=1S/C27H20BrCl2IN2O5S/c1-2-37-22-10-15(9-20(31)25(22)38-14-16-7-8-17(29)12-19(16)30)11-23-26(35)33(27(36)39-23)13-24(34)32-21-6-4-3-5-18(21)28/h3-12H,2,13-14H2,1H3,(H,32,34)/b23-11+. The molecule has 0 bridgehead atoms. The summed E-state index contributed by atoms with van der Waals surface area (Å²) in [6.07, 6.45) is 1.60. The van der Waals surface area contributed by atoms with E-state index in [9.17, 15) is 14.4 Å². The molecule has 0 radical (unpaired) electrons. The lowest BCUT2D eigenvalue weighted by atomic mass is 10.1. The Morgan fingerprint density at radius 1 is 1.13 bits per heavy atom. The highest BCUT2D eigenvalue weighted by molar-refractivity contribution is 14.1. The van der Waals surface area contributed by atoms with E-state index < -0.39 is 23.6 Å². The first-order valence-corrected chi connectivity index (χ1v) is 14.9. The molecule has 202 valence electrons. The molecule has 0 unspecified atom stereocenters. The Morgan fingerprint density at radius 3 is 2.62 bits per heavy atom. The van der Waals surface area contributed by atoms with Crippen LogP contribution in [0.3, 0.4) is 0 Å². The van der Waals surface area contributed by atoms with E-state index in [0.717, 1.165) is 25.8 Å². The molecular formula is C27H20BrCl2IN2O5S. The average molecular weight is 762 g/mol. The number of ether oxygens (including phenoxy) is 2. The summed E-state index contributed by atoms with van der Waals surface area (Å²) in [7, 11) is 0. The van der Waals surface area contributed by atoms with Gasteiger partial charge in [0.25, 0.3) is 11.1 Å². The number of hydrogen-bond acceptors (Lipinski definition) is 6. The van der Waals surface area contributed by atoms with Crippen molar-refractivity contribution in [1.82, 2.24) is 4.90 Å². The summed E-state index contributed by atoms with van der Waals surface area (Å²) < 4.78 is 13.3. The maximum absolute atomic E-state index is 13.0. The molecule has 1 saturated heterocycles. The molecule has 1 aliphatic heterocycles. The van der Waals surface area contributed by atoms with Crippen LogP contribution in [0.15, 0.2) is 64.0 Å². The molecule has 3 aromatic rings. The van der Waals surface area contributed by atoms with E-state index in [0.29, 0.717) is 43.9 Å². The summed E-state index contributed by atoms with van der Waals surface area (Å²) in [6.45, 7) is 2.04. The summed E-state index contributed by atoms with van der Waals surface area (Å²) in [5.41, 5.74) is 1.95. The average Bonchev–Trinajstić information content (AvgIpc) is 3.13. The van der Waals surface area contributed by atoms with E-state index in [4.69, 9.17) is 32.7 Å². The molecule has 0 aromatic heterocycles. The third-order valence-electron chi connectivity index (χ3n) is 5.34. The van der Waals surface area contributed by atoms with Gasteiger partial charge in [-0.2, -0.15) is 0 Å². The second-order valence-corrected chi connectivity index (χ2v) is 11.9. The number of rotatable bonds is 9. The number of carbonyl (C=O) groups is 3. The van der Waals surface area contributed by atoms with Crippen LogP contribution in [0.4, 0.5) is 10.5 Å². The van der Waals surface area contributed by atoms with Gasteiger partial charge in [0.15, 0.2) is 11.5 Å². The lowest BCUT2D eigenvalue weighted by molar-refractivity contribution is -0.127. The Labute approximate surface area is 261 Å². The zero-order valence-electron chi connectivity index (χ0n) is 20.3. The Hall–Kier alpha value is -2.25. The summed E-state index contributed by atoms with van der Waals surface area (Å²) >= 11 is 18.5. The maximum Gasteiger partial charge on any atom is 0.294 e. The molecule has 12 heteroatoms. The van der Waals surface area contributed by atoms with Gasteiger partial charge in [0.2, 0.25) is 5.91 Å². The van der Waals surface area contributed by atoms with E-state index in [1.807, 2.05) is 19.1 Å². The summed E-state index contributed by atoms with van der Waals surface area (Å²) in [5.74, 6) is -0.0240. The van der Waals surface area contributed by atoms with Crippen molar-refractivity contribution in [2.75, 3.05) is 18.5 Å². The lowest BCUT2D eigenvalue weighted by Gasteiger charge is -2.15. The highest BCUT2D eigenvalue weighted by atomic mass is 127. The molecule has 1 fully saturated rings. The molecule has 0 spiro atoms. The third-order valence-corrected chi connectivity index (χ3v) is 8.33. The van der Waals surface area contributed by atoms with Crippen molar-refractivity contribution in [3.8, 4) is 11.5 Å². The fourth-order valence-corrected chi connectivity index (χ4v) is 6.01. The number of anilines is 1. The highest BCUT2D eigenvalue weighted by Crippen LogP contribution is 2.38. The van der Waals surface area contributed by atoms with Gasteiger partial charge in [0.1, 0.15) is 13.2 Å². The van der Waals surface area contributed by atoms with Gasteiger partial charge in [-0.1, -0.05) is 41.4 Å². The second kappa shape index (κ2) is 13.4.